The molecule has 1 saturated carbocycles. The normalized spacial score (nSPS) is 18.3. The van der Waals surface area contributed by atoms with Crippen molar-refractivity contribution in [1.29, 1.82) is 0 Å². The Morgan fingerprint density at radius 3 is 2.36 bits per heavy atom. The summed E-state index contributed by atoms with van der Waals surface area (Å²) in [5, 5.41) is 6.72. The number of aliphatic imine (C=N–C) groups is 1. The first-order chi connectivity index (χ1) is 17.2. The number of anilines is 1. The van der Waals surface area contributed by atoms with Gasteiger partial charge in [-0.25, -0.2) is 4.99 Å². The zero-order chi connectivity index (χ0) is 25.8. The van der Waals surface area contributed by atoms with Crippen molar-refractivity contribution in [2.24, 2.45) is 10.9 Å². The van der Waals surface area contributed by atoms with E-state index in [1.54, 1.807) is 0 Å². The van der Waals surface area contributed by atoms with E-state index in [2.05, 4.69) is 65.0 Å². The van der Waals surface area contributed by atoms with E-state index in [1.165, 1.54) is 18.4 Å². The first-order valence-electron chi connectivity index (χ1n) is 12.9. The van der Waals surface area contributed by atoms with Gasteiger partial charge in [0.25, 0.3) is 11.8 Å². The quantitative estimate of drug-likeness (QED) is 0.526. The number of carbonyl (C=O) groups is 2. The number of carbonyl (C=O) groups excluding carboxylic acids is 2. The van der Waals surface area contributed by atoms with Crippen molar-refractivity contribution in [3.05, 3.63) is 64.7 Å². The van der Waals surface area contributed by atoms with Gasteiger partial charge < -0.3 is 15.5 Å². The Morgan fingerprint density at radius 2 is 1.72 bits per heavy atom. The lowest BCUT2D eigenvalue weighted by atomic mass is 9.94. The lowest BCUT2D eigenvalue weighted by molar-refractivity contribution is -0.120. The number of benzene rings is 2. The second-order valence-corrected chi connectivity index (χ2v) is 10.5. The minimum Gasteiger partial charge on any atom is -0.382 e. The molecule has 6 nitrogen and oxygen atoms in total. The summed E-state index contributed by atoms with van der Waals surface area (Å²) in [7, 11) is 4.12. The van der Waals surface area contributed by atoms with Crippen molar-refractivity contribution in [2.45, 2.75) is 59.0 Å². The average Bonchev–Trinajstić information content (AvgIpc) is 3.33. The first-order valence-corrected chi connectivity index (χ1v) is 12.9. The number of allylic oxidation sites excluding steroid dienone is 1. The monoisotopic (exact) mass is 486 g/mol. The van der Waals surface area contributed by atoms with E-state index in [0.717, 1.165) is 47.3 Å². The van der Waals surface area contributed by atoms with Crippen LogP contribution in [-0.4, -0.2) is 49.1 Å². The maximum absolute atomic E-state index is 13.4. The second-order valence-electron chi connectivity index (χ2n) is 10.5. The number of nitrogens with one attached hydrogen (secondary N) is 2. The number of hydrogen-bond acceptors (Lipinski definition) is 4. The molecule has 1 aliphatic carbocycles. The van der Waals surface area contributed by atoms with Gasteiger partial charge in [-0.1, -0.05) is 42.7 Å². The summed E-state index contributed by atoms with van der Waals surface area (Å²) in [6, 6.07) is 13.1. The molecule has 1 unspecified atom stereocenters. The highest BCUT2D eigenvalue weighted by molar-refractivity contribution is 6.06. The third-order valence-corrected chi connectivity index (χ3v) is 7.19. The van der Waals surface area contributed by atoms with E-state index in [0.29, 0.717) is 17.3 Å². The lowest BCUT2D eigenvalue weighted by Crippen LogP contribution is -2.35. The predicted molar refractivity (Wildman–Crippen MR) is 148 cm³/mol. The molecule has 1 aliphatic heterocycles. The average molecular weight is 487 g/mol. The maximum atomic E-state index is 13.4. The summed E-state index contributed by atoms with van der Waals surface area (Å²) in [4.78, 5) is 32.1. The van der Waals surface area contributed by atoms with Gasteiger partial charge in [-0.2, -0.15) is 0 Å². The van der Waals surface area contributed by atoms with Crippen LogP contribution >= 0.6 is 0 Å². The molecule has 0 bridgehead atoms. The molecule has 2 aromatic carbocycles. The summed E-state index contributed by atoms with van der Waals surface area (Å²) in [6.07, 6.45) is 6.69. The van der Waals surface area contributed by atoms with Gasteiger partial charge in [0.1, 0.15) is 0 Å². The summed E-state index contributed by atoms with van der Waals surface area (Å²) < 4.78 is 0. The number of nitrogens with zero attached hydrogens (tertiary/aromatic N) is 2. The molecule has 2 aromatic rings. The van der Waals surface area contributed by atoms with Gasteiger partial charge in [-0.05, 0) is 88.2 Å². The third-order valence-electron chi connectivity index (χ3n) is 7.19. The number of amides is 2. The van der Waals surface area contributed by atoms with Gasteiger partial charge >= 0.3 is 0 Å². The van der Waals surface area contributed by atoms with Crippen LogP contribution in [0.25, 0.3) is 11.1 Å². The molecule has 0 aromatic heterocycles. The molecule has 0 radical (unpaired) electrons. The second kappa shape index (κ2) is 11.2. The molecule has 1 atom stereocenters. The highest BCUT2D eigenvalue weighted by atomic mass is 16.2. The van der Waals surface area contributed by atoms with Crippen LogP contribution in [0.2, 0.25) is 0 Å². The SMILES string of the molecule is CC1=CC(C)=NC(=O)C1CNC(=O)c1cc(-c2ccc(CN(C)C)cc2)cc(NC2CCCC2)c1C. The summed E-state index contributed by atoms with van der Waals surface area (Å²) in [5.74, 6) is -0.777. The number of hydrogen-bond donors (Lipinski definition) is 2. The van der Waals surface area contributed by atoms with Crippen molar-refractivity contribution in [3.63, 3.8) is 0 Å². The molecule has 4 rings (SSSR count). The van der Waals surface area contributed by atoms with Crippen LogP contribution in [0.3, 0.4) is 0 Å². The van der Waals surface area contributed by atoms with Crippen molar-refractivity contribution in [1.82, 2.24) is 10.2 Å². The molecular weight excluding hydrogens is 448 g/mol. The van der Waals surface area contributed by atoms with E-state index < -0.39 is 5.92 Å². The molecule has 190 valence electrons. The Hall–Kier alpha value is -3.25. The van der Waals surface area contributed by atoms with E-state index in [4.69, 9.17) is 0 Å². The molecule has 0 saturated heterocycles. The predicted octanol–water partition coefficient (Wildman–Crippen LogP) is 5.37. The summed E-state index contributed by atoms with van der Waals surface area (Å²) in [6.45, 7) is 6.86. The number of rotatable bonds is 8. The van der Waals surface area contributed by atoms with Gasteiger partial charge in [0.2, 0.25) is 0 Å². The van der Waals surface area contributed by atoms with Crippen LogP contribution in [-0.2, 0) is 11.3 Å². The highest BCUT2D eigenvalue weighted by Gasteiger charge is 2.25. The highest BCUT2D eigenvalue weighted by Crippen LogP contribution is 2.32. The lowest BCUT2D eigenvalue weighted by Gasteiger charge is -2.21. The largest absolute Gasteiger partial charge is 0.382 e. The Kier molecular flexibility index (Phi) is 8.04. The van der Waals surface area contributed by atoms with Crippen LogP contribution in [0.4, 0.5) is 5.69 Å². The molecule has 0 spiro atoms. The van der Waals surface area contributed by atoms with Crippen LogP contribution in [0, 0.1) is 12.8 Å². The Morgan fingerprint density at radius 1 is 1.03 bits per heavy atom. The van der Waals surface area contributed by atoms with E-state index in [9.17, 15) is 9.59 Å². The van der Waals surface area contributed by atoms with E-state index in [-0.39, 0.29) is 18.4 Å². The Bertz CT molecular complexity index is 1190. The molecule has 2 amide bonds. The minimum atomic E-state index is -0.415. The zero-order valence-electron chi connectivity index (χ0n) is 22.1. The smallest absolute Gasteiger partial charge is 0.254 e. The van der Waals surface area contributed by atoms with Gasteiger partial charge in [-0.15, -0.1) is 0 Å². The molecule has 6 heteroatoms. The van der Waals surface area contributed by atoms with Gasteiger partial charge in [0, 0.05) is 36.1 Å². The van der Waals surface area contributed by atoms with Crippen molar-refractivity contribution < 1.29 is 9.59 Å². The minimum absolute atomic E-state index is 0.167. The molecule has 1 heterocycles. The standard InChI is InChI=1S/C30H38N4O2/c1-19-14-20(2)32-30(36)27(19)17-31-29(35)26-15-24(23-12-10-22(11-13-23)18-34(4)5)16-28(21(26)3)33-25-8-6-7-9-25/h10-16,25,27,33H,6-9,17-18H2,1-5H3,(H,31,35). The molecular formula is C30H38N4O2. The fraction of sp³-hybridized carbons (Fsp3) is 0.433. The summed E-state index contributed by atoms with van der Waals surface area (Å²) in [5.41, 5.74) is 7.55. The molecule has 2 aliphatic rings. The van der Waals surface area contributed by atoms with Gasteiger partial charge in [-0.3, -0.25) is 9.59 Å². The van der Waals surface area contributed by atoms with Gasteiger partial charge in [0.05, 0.1) is 5.92 Å². The molecule has 1 fully saturated rings. The van der Waals surface area contributed by atoms with Crippen LogP contribution in [0.1, 0.15) is 61.0 Å². The van der Waals surface area contributed by atoms with Crippen molar-refractivity contribution in [2.75, 3.05) is 26.0 Å². The fourth-order valence-corrected chi connectivity index (χ4v) is 5.17. The zero-order valence-corrected chi connectivity index (χ0v) is 22.1. The van der Waals surface area contributed by atoms with E-state index >= 15 is 0 Å². The Balaban J connectivity index is 1.61. The van der Waals surface area contributed by atoms with Crippen molar-refractivity contribution in [3.8, 4) is 11.1 Å². The van der Waals surface area contributed by atoms with Crippen LogP contribution in [0.15, 0.2) is 53.0 Å². The van der Waals surface area contributed by atoms with Crippen LogP contribution < -0.4 is 10.6 Å². The maximum Gasteiger partial charge on any atom is 0.254 e. The van der Waals surface area contributed by atoms with Crippen LogP contribution in [0.5, 0.6) is 0 Å². The fourth-order valence-electron chi connectivity index (χ4n) is 5.17. The summed E-state index contributed by atoms with van der Waals surface area (Å²) >= 11 is 0. The third kappa shape index (κ3) is 6.11. The first kappa shape index (κ1) is 25.8. The van der Waals surface area contributed by atoms with Gasteiger partial charge in [0.15, 0.2) is 0 Å². The molecule has 36 heavy (non-hydrogen) atoms. The van der Waals surface area contributed by atoms with E-state index in [1.807, 2.05) is 32.9 Å². The molecule has 2 N–H and O–H groups in total. The topological polar surface area (TPSA) is 73.8 Å². The Labute approximate surface area is 214 Å². The number of dihydropyridines is 1. The van der Waals surface area contributed by atoms with Crippen molar-refractivity contribution >= 4 is 23.2 Å².